The minimum absolute atomic E-state index is 0.128. The monoisotopic (exact) mass is 550 g/mol. The third kappa shape index (κ3) is 6.99. The van der Waals surface area contributed by atoms with Crippen LogP contribution in [0.5, 0.6) is 0 Å². The average Bonchev–Trinajstić information content (AvgIpc) is 2.98. The van der Waals surface area contributed by atoms with Gasteiger partial charge in [0.1, 0.15) is 6.07 Å². The molecule has 9 nitrogen and oxygen atoms in total. The number of carbonyl (C=O) groups is 1. The Balaban J connectivity index is 1.06. The van der Waals surface area contributed by atoms with E-state index in [0.717, 1.165) is 82.4 Å². The van der Waals surface area contributed by atoms with E-state index in [4.69, 9.17) is 16.9 Å². The van der Waals surface area contributed by atoms with E-state index in [0.29, 0.717) is 22.3 Å². The lowest BCUT2D eigenvalue weighted by Gasteiger charge is -2.36. The van der Waals surface area contributed by atoms with Crippen LogP contribution in [0.4, 0.5) is 11.5 Å². The molecular weight excluding hydrogens is 512 g/mol. The van der Waals surface area contributed by atoms with Crippen LogP contribution < -0.4 is 20.4 Å². The number of benzene rings is 1. The highest BCUT2D eigenvalue weighted by Crippen LogP contribution is 2.29. The topological polar surface area (TPSA) is 100 Å². The van der Waals surface area contributed by atoms with Crippen LogP contribution in [-0.4, -0.2) is 85.9 Å². The fraction of sp³-hybridized carbons (Fsp3) is 0.586. The summed E-state index contributed by atoms with van der Waals surface area (Å²) in [5.74, 6) is 1.45. The second kappa shape index (κ2) is 12.9. The van der Waals surface area contributed by atoms with Crippen molar-refractivity contribution in [2.24, 2.45) is 5.92 Å². The number of rotatable bonds is 7. The van der Waals surface area contributed by atoms with E-state index in [9.17, 15) is 4.79 Å². The first-order valence-corrected chi connectivity index (χ1v) is 14.6. The molecule has 3 fully saturated rings. The molecule has 1 saturated carbocycles. The summed E-state index contributed by atoms with van der Waals surface area (Å²) in [5.41, 5.74) is 1.87. The van der Waals surface area contributed by atoms with Crippen LogP contribution >= 0.6 is 11.6 Å². The van der Waals surface area contributed by atoms with Crippen LogP contribution in [0.15, 0.2) is 30.3 Å². The predicted octanol–water partition coefficient (Wildman–Crippen LogP) is 3.30. The molecule has 1 aromatic heterocycles. The maximum absolute atomic E-state index is 12.9. The maximum Gasteiger partial charge on any atom is 0.272 e. The van der Waals surface area contributed by atoms with Crippen molar-refractivity contribution in [3.05, 3.63) is 46.6 Å². The van der Waals surface area contributed by atoms with Crippen molar-refractivity contribution in [1.82, 2.24) is 25.7 Å². The number of halogens is 1. The first-order chi connectivity index (χ1) is 19.0. The Kier molecular flexibility index (Phi) is 9.17. The molecule has 208 valence electrons. The standard InChI is InChI=1S/C29H39ClN8O/c1-36(25-5-2-22(19-31)26(30)18-25)24-6-3-23(4-7-24)33-29(39)27-8-9-28(35-34-27)38-14-10-21(11-15-38)20-37-16-12-32-13-17-37/h2,5,8-9,18,21,23-24,32H,3-4,6-7,10-17,20H2,1H3,(H,33,39). The summed E-state index contributed by atoms with van der Waals surface area (Å²) in [4.78, 5) is 20.0. The molecule has 3 heterocycles. The Bertz CT molecular complexity index is 1150. The second-order valence-electron chi connectivity index (χ2n) is 11.1. The van der Waals surface area contributed by atoms with E-state index >= 15 is 0 Å². The second-order valence-corrected chi connectivity index (χ2v) is 11.5. The van der Waals surface area contributed by atoms with E-state index in [1.807, 2.05) is 18.2 Å². The van der Waals surface area contributed by atoms with Gasteiger partial charge < -0.3 is 25.3 Å². The molecule has 2 saturated heterocycles. The Labute approximate surface area is 236 Å². The first kappa shape index (κ1) is 27.6. The number of nitrogens with one attached hydrogen (secondary N) is 2. The highest BCUT2D eigenvalue weighted by Gasteiger charge is 2.27. The molecule has 1 aromatic carbocycles. The van der Waals surface area contributed by atoms with Crippen LogP contribution in [0.25, 0.3) is 0 Å². The Hall–Kier alpha value is -2.93. The summed E-state index contributed by atoms with van der Waals surface area (Å²) < 4.78 is 0. The molecule has 39 heavy (non-hydrogen) atoms. The lowest BCUT2D eigenvalue weighted by atomic mass is 9.90. The lowest BCUT2D eigenvalue weighted by Crippen LogP contribution is -2.47. The molecule has 2 aliphatic heterocycles. The van der Waals surface area contributed by atoms with Gasteiger partial charge in [0.15, 0.2) is 11.5 Å². The summed E-state index contributed by atoms with van der Waals surface area (Å²) in [6.45, 7) is 7.68. The molecule has 0 bridgehead atoms. The third-order valence-corrected chi connectivity index (χ3v) is 8.92. The molecule has 10 heteroatoms. The molecule has 2 aromatic rings. The Morgan fingerprint density at radius 1 is 1.08 bits per heavy atom. The van der Waals surface area contributed by atoms with Crippen molar-refractivity contribution in [1.29, 1.82) is 5.26 Å². The molecule has 2 N–H and O–H groups in total. The molecule has 3 aliphatic rings. The van der Waals surface area contributed by atoms with Gasteiger partial charge in [-0.05, 0) is 74.8 Å². The number of piperazine rings is 1. The van der Waals surface area contributed by atoms with Crippen molar-refractivity contribution < 1.29 is 4.79 Å². The zero-order valence-corrected chi connectivity index (χ0v) is 23.5. The number of hydrogen-bond donors (Lipinski definition) is 2. The molecule has 0 spiro atoms. The molecule has 0 unspecified atom stereocenters. The number of carbonyl (C=O) groups excluding carboxylic acids is 1. The van der Waals surface area contributed by atoms with Crippen molar-refractivity contribution in [2.45, 2.75) is 50.6 Å². The van der Waals surface area contributed by atoms with E-state index in [1.165, 1.54) is 19.4 Å². The van der Waals surface area contributed by atoms with Gasteiger partial charge in [-0.25, -0.2) is 0 Å². The van der Waals surface area contributed by atoms with E-state index in [1.54, 1.807) is 12.1 Å². The van der Waals surface area contributed by atoms with Gasteiger partial charge in [0.25, 0.3) is 5.91 Å². The highest BCUT2D eigenvalue weighted by molar-refractivity contribution is 6.32. The minimum atomic E-state index is -0.153. The van der Waals surface area contributed by atoms with Crippen molar-refractivity contribution in [3.8, 4) is 6.07 Å². The van der Waals surface area contributed by atoms with Gasteiger partial charge in [-0.3, -0.25) is 4.79 Å². The van der Waals surface area contributed by atoms with E-state index in [2.05, 4.69) is 48.6 Å². The van der Waals surface area contributed by atoms with Crippen LogP contribution in [-0.2, 0) is 0 Å². The molecule has 0 radical (unpaired) electrons. The largest absolute Gasteiger partial charge is 0.372 e. The summed E-state index contributed by atoms with van der Waals surface area (Å²) in [7, 11) is 2.06. The minimum Gasteiger partial charge on any atom is -0.372 e. The summed E-state index contributed by atoms with van der Waals surface area (Å²) in [6.07, 6.45) is 6.08. The normalized spacial score (nSPS) is 22.7. The molecule has 1 aliphatic carbocycles. The number of nitrogens with zero attached hydrogens (tertiary/aromatic N) is 6. The number of nitriles is 1. The van der Waals surface area contributed by atoms with Gasteiger partial charge in [-0.2, -0.15) is 5.26 Å². The molecule has 0 atom stereocenters. The van der Waals surface area contributed by atoms with Gasteiger partial charge in [0.2, 0.25) is 0 Å². The summed E-state index contributed by atoms with van der Waals surface area (Å²) >= 11 is 6.23. The van der Waals surface area contributed by atoms with Gasteiger partial charge in [-0.15, -0.1) is 10.2 Å². The van der Waals surface area contributed by atoms with Gasteiger partial charge in [0.05, 0.1) is 10.6 Å². The van der Waals surface area contributed by atoms with Gasteiger partial charge in [-0.1, -0.05) is 11.6 Å². The predicted molar refractivity (Wildman–Crippen MR) is 154 cm³/mol. The van der Waals surface area contributed by atoms with E-state index in [-0.39, 0.29) is 11.9 Å². The first-order valence-electron chi connectivity index (χ1n) is 14.2. The average molecular weight is 551 g/mol. The summed E-state index contributed by atoms with van der Waals surface area (Å²) in [5, 5.41) is 24.9. The zero-order chi connectivity index (χ0) is 27.2. The lowest BCUT2D eigenvalue weighted by molar-refractivity contribution is 0.0919. The van der Waals surface area contributed by atoms with Gasteiger partial charge >= 0.3 is 0 Å². The summed E-state index contributed by atoms with van der Waals surface area (Å²) in [6, 6.07) is 11.9. The zero-order valence-electron chi connectivity index (χ0n) is 22.8. The molecular formula is C29H39ClN8O. The highest BCUT2D eigenvalue weighted by atomic mass is 35.5. The number of aromatic nitrogens is 2. The molecule has 5 rings (SSSR count). The number of hydrogen-bond acceptors (Lipinski definition) is 8. The van der Waals surface area contributed by atoms with Crippen LogP contribution in [0.2, 0.25) is 5.02 Å². The quantitative estimate of drug-likeness (QED) is 0.541. The SMILES string of the molecule is CN(c1ccc(C#N)c(Cl)c1)C1CCC(NC(=O)c2ccc(N3CCC(CN4CCNCC4)CC3)nn2)CC1. The van der Waals surface area contributed by atoms with E-state index < -0.39 is 0 Å². The van der Waals surface area contributed by atoms with Crippen LogP contribution in [0.3, 0.4) is 0 Å². The van der Waals surface area contributed by atoms with Gasteiger partial charge in [0, 0.05) is 70.6 Å². The number of piperidine rings is 1. The van der Waals surface area contributed by atoms with Crippen LogP contribution in [0.1, 0.15) is 54.6 Å². The number of anilines is 2. The fourth-order valence-corrected chi connectivity index (χ4v) is 6.33. The third-order valence-electron chi connectivity index (χ3n) is 8.61. The maximum atomic E-state index is 12.9. The number of amides is 1. The Morgan fingerprint density at radius 2 is 1.82 bits per heavy atom. The van der Waals surface area contributed by atoms with Crippen LogP contribution in [0, 0.1) is 17.2 Å². The molecule has 1 amide bonds. The smallest absolute Gasteiger partial charge is 0.272 e. The Morgan fingerprint density at radius 3 is 2.46 bits per heavy atom. The van der Waals surface area contributed by atoms with Crippen molar-refractivity contribution >= 4 is 29.0 Å². The van der Waals surface area contributed by atoms with Crippen molar-refractivity contribution in [2.75, 3.05) is 62.7 Å². The fourth-order valence-electron chi connectivity index (χ4n) is 6.11. The van der Waals surface area contributed by atoms with Crippen molar-refractivity contribution in [3.63, 3.8) is 0 Å².